The average Bonchev–Trinajstić information content (AvgIpc) is 4.03. The molecule has 0 aliphatic carbocycles. The van der Waals surface area contributed by atoms with Gasteiger partial charge in [-0.2, -0.15) is 106 Å². The van der Waals surface area contributed by atoms with Gasteiger partial charge in [0.1, 0.15) is 11.6 Å². The van der Waals surface area contributed by atoms with Gasteiger partial charge in [-0.05, 0) is 25.2 Å². The number of aromatic nitrogens is 11. The Kier molecular flexibility index (Phi) is 27.4. The van der Waals surface area contributed by atoms with Crippen LogP contribution < -0.4 is 233 Å². The number of aryl methyl sites for hydroxylation is 2. The fraction of sp³-hybridized carbons (Fsp3) is 0.233. The standard InChI is InChI=1S/C41H38N20O4.2CO2.4K/c1-19-25(18-42)33(58(54-19)23-14-10-12-21(16-23)35(62)63)52-50-27-29(40(3,4)5)56-60(31(27)43)38-47-37(45)48-39(49-38)61-32(44)28(30(57-61)41(6,7)8)51-53-34-26(46-9)20(2)55-59(34)24-15-11-13-22(17-24)36(64)65;2*2-1-3;;;;/h12-17H,43-44H2,1-8H3,(H,62,63)(H,64,65)(H2,45,47,48,49);;;;;;/q-2;;;4*+1/p-2. The van der Waals surface area contributed by atoms with Crippen molar-refractivity contribution in [2.75, 3.05) is 17.2 Å². The van der Waals surface area contributed by atoms with Crippen molar-refractivity contribution in [2.24, 2.45) is 20.5 Å². The zero-order valence-electron chi connectivity index (χ0n) is 42.6. The number of carbonyl (C=O) groups is 2. The summed E-state index contributed by atoms with van der Waals surface area (Å²) in [6.45, 7) is 22.2. The molecule has 0 saturated carbocycles. The largest absolute Gasteiger partial charge is 1.00 e. The van der Waals surface area contributed by atoms with Crippen LogP contribution in [-0.2, 0) is 30.0 Å². The third-order valence-corrected chi connectivity index (χ3v) is 9.48. The van der Waals surface area contributed by atoms with E-state index in [1.54, 1.807) is 13.8 Å². The van der Waals surface area contributed by atoms with Gasteiger partial charge in [0.15, 0.2) is 34.6 Å². The predicted octanol–water partition coefficient (Wildman–Crippen LogP) is -9.00. The molecule has 75 heavy (non-hydrogen) atoms. The van der Waals surface area contributed by atoms with Crippen molar-refractivity contribution in [2.45, 2.75) is 66.2 Å². The van der Waals surface area contributed by atoms with E-state index in [1.807, 2.05) is 41.5 Å². The van der Waals surface area contributed by atoms with Crippen LogP contribution in [0.15, 0.2) is 56.9 Å². The van der Waals surface area contributed by atoms with E-state index >= 15 is 0 Å². The predicted molar refractivity (Wildman–Crippen MR) is 237 cm³/mol. The van der Waals surface area contributed by atoms with Gasteiger partial charge in [0, 0.05) is 22.8 Å². The van der Waals surface area contributed by atoms with E-state index in [4.69, 9.17) is 53.1 Å². The van der Waals surface area contributed by atoms with Gasteiger partial charge in [-0.1, -0.05) is 41.5 Å². The van der Waals surface area contributed by atoms with Crippen LogP contribution in [0.5, 0.6) is 0 Å². The maximum atomic E-state index is 11.6. The molecule has 0 bridgehead atoms. The number of carboxylic acids is 2. The summed E-state index contributed by atoms with van der Waals surface area (Å²) in [4.78, 5) is 72.5. The summed E-state index contributed by atoms with van der Waals surface area (Å²) in [6, 6.07) is 15.5. The van der Waals surface area contributed by atoms with Crippen molar-refractivity contribution in [3.8, 4) is 29.3 Å². The normalized spacial score (nSPS) is 10.6. The number of anilines is 3. The number of azo groups is 2. The smallest absolute Gasteiger partial charge is 0.559 e. The average molecular weight is 1120 g/mol. The summed E-state index contributed by atoms with van der Waals surface area (Å²) >= 11 is 0. The molecule has 5 aromatic heterocycles. The second-order valence-corrected chi connectivity index (χ2v) is 16.5. The number of hydrogen-bond acceptors (Lipinski definition) is 23. The molecule has 0 spiro atoms. The van der Waals surface area contributed by atoms with Crippen molar-refractivity contribution in [3.63, 3.8) is 0 Å². The van der Waals surface area contributed by atoms with E-state index in [0.717, 1.165) is 0 Å². The minimum absolute atomic E-state index is 0. The first-order valence-corrected chi connectivity index (χ1v) is 20.0. The second kappa shape index (κ2) is 29.7. The first-order valence-electron chi connectivity index (χ1n) is 20.0. The van der Waals surface area contributed by atoms with Crippen molar-refractivity contribution in [1.29, 1.82) is 5.26 Å². The number of rotatable bonds is 10. The Balaban J connectivity index is 0.00000268. The number of nitriles is 1. The number of benzene rings is 2. The topological polar surface area (TPSA) is 414 Å². The molecule has 5 heterocycles. The maximum Gasteiger partial charge on any atom is 1.00 e. The van der Waals surface area contributed by atoms with Crippen molar-refractivity contribution >= 4 is 70.5 Å². The molecule has 7 aromatic rings. The van der Waals surface area contributed by atoms with Crippen LogP contribution in [-0.4, -0.2) is 78.3 Å². The van der Waals surface area contributed by atoms with E-state index < -0.39 is 22.8 Å². The molecular formula is C43H36K4N20O8. The molecule has 0 aliphatic heterocycles. The Bertz CT molecular complexity index is 3250. The molecule has 28 nitrogen and oxygen atoms in total. The molecular weight excluding hydrogens is 1080 g/mol. The molecule has 0 fully saturated rings. The van der Waals surface area contributed by atoms with Gasteiger partial charge >= 0.3 is 218 Å². The van der Waals surface area contributed by atoms with Gasteiger partial charge in [0.05, 0.1) is 29.3 Å². The molecule has 32 heteroatoms. The summed E-state index contributed by atoms with van der Waals surface area (Å²) < 4.78 is 4.86. The molecule has 0 atom stereocenters. The van der Waals surface area contributed by atoms with Crippen LogP contribution in [0.2, 0.25) is 0 Å². The summed E-state index contributed by atoms with van der Waals surface area (Å²) in [5.41, 5.74) is 19.9. The Labute approximate surface area is 596 Å². The minimum atomic E-state index is -1.43. The number of aromatic carboxylic acids is 2. The van der Waals surface area contributed by atoms with E-state index in [1.165, 1.54) is 55.1 Å². The third kappa shape index (κ3) is 16.1. The van der Waals surface area contributed by atoms with Crippen LogP contribution >= 0.6 is 0 Å². The second-order valence-electron chi connectivity index (χ2n) is 16.5. The van der Waals surface area contributed by atoms with Crippen molar-refractivity contribution in [1.82, 2.24) is 54.1 Å². The molecule has 0 unspecified atom stereocenters. The Morgan fingerprint density at radius 2 is 1.03 bits per heavy atom. The number of nitrogens with two attached hydrogens (primary N) is 3. The van der Waals surface area contributed by atoms with Crippen LogP contribution in [0.3, 0.4) is 0 Å². The molecule has 0 aliphatic rings. The van der Waals surface area contributed by atoms with Crippen molar-refractivity contribution in [3.05, 3.63) is 99.4 Å². The molecule has 0 amide bonds. The molecule has 7 rings (SSSR count). The minimum Gasteiger partial charge on any atom is -0.559 e. The van der Waals surface area contributed by atoms with Crippen LogP contribution in [0, 0.1) is 43.9 Å². The van der Waals surface area contributed by atoms with Crippen LogP contribution in [0.1, 0.15) is 90.6 Å². The van der Waals surface area contributed by atoms with E-state index in [-0.39, 0.29) is 304 Å². The monoisotopic (exact) mass is 1120 g/mol. The Morgan fingerprint density at radius 1 is 0.640 bits per heavy atom. The molecule has 0 saturated heterocycles. The quantitative estimate of drug-likeness (QED) is 0.0650. The first-order chi connectivity index (χ1) is 33.4. The summed E-state index contributed by atoms with van der Waals surface area (Å²) in [5, 5.41) is 69.2. The van der Waals surface area contributed by atoms with E-state index in [2.05, 4.69) is 68.7 Å². The number of hydrogen-bond donors (Lipinski definition) is 3. The van der Waals surface area contributed by atoms with Crippen LogP contribution in [0.25, 0.3) is 28.1 Å². The van der Waals surface area contributed by atoms with Gasteiger partial charge in [-0.3, -0.25) is 9.36 Å². The number of nitrogens with zero attached hydrogens (tertiary/aromatic N) is 17. The van der Waals surface area contributed by atoms with Gasteiger partial charge < -0.3 is 37.0 Å². The summed E-state index contributed by atoms with van der Waals surface area (Å²) in [5.74, 6) is -3.71. The Hall–Kier alpha value is -3.88. The zero-order valence-corrected chi connectivity index (χ0v) is 55.1. The summed E-state index contributed by atoms with van der Waals surface area (Å²) in [6.07, 6.45) is 0.500. The fourth-order valence-corrected chi connectivity index (χ4v) is 6.34. The van der Waals surface area contributed by atoms with Gasteiger partial charge in [0.25, 0.3) is 17.6 Å². The maximum absolute atomic E-state index is 11.6. The van der Waals surface area contributed by atoms with Crippen LogP contribution in [0.4, 0.5) is 46.3 Å². The SMILES string of the molecule is O=C=O.O=C=O.[C-]#[N+]c1c(C)nn(-c2c[c-]cc(C(=O)[O-])c2)c1N=Nc1c(C(C)(C)C)nn(-c2nc(N)nc(-n3nc(C(C)(C)C)c(N=Nc4c(C#N)c(C)nn4-c4c[c-]cc(C(=O)[O-])c4)c3N)n2)c1N.[K+].[K+].[K+].[K+]. The van der Waals surface area contributed by atoms with Gasteiger partial charge in [-0.15, -0.1) is 43.7 Å². The van der Waals surface area contributed by atoms with Gasteiger partial charge in [0.2, 0.25) is 5.95 Å². The number of carboxylic acid groups (broad SMARTS) is 2. The Morgan fingerprint density at radius 3 is 1.40 bits per heavy atom. The van der Waals surface area contributed by atoms with E-state index in [0.29, 0.717) is 22.8 Å². The summed E-state index contributed by atoms with van der Waals surface area (Å²) in [7, 11) is 0. The number of carbonyl (C=O) groups excluding carboxylic acids is 6. The van der Waals surface area contributed by atoms with E-state index in [9.17, 15) is 25.1 Å². The molecule has 0 radical (unpaired) electrons. The molecule has 2 aromatic carbocycles. The molecule has 360 valence electrons. The fourth-order valence-electron chi connectivity index (χ4n) is 6.34. The third-order valence-electron chi connectivity index (χ3n) is 9.48. The zero-order chi connectivity index (χ0) is 52.7. The first kappa shape index (κ1) is 69.1. The van der Waals surface area contributed by atoms with Crippen molar-refractivity contribution < 1.29 is 245 Å². The molecule has 6 N–H and O–H groups in total. The number of nitrogen functional groups attached to an aromatic ring is 3. The van der Waals surface area contributed by atoms with Gasteiger partial charge in [-0.25, -0.2) is 4.85 Å².